The molecule has 0 aromatic carbocycles. The van der Waals surface area contributed by atoms with Gasteiger partial charge >= 0.3 is 5.97 Å². The van der Waals surface area contributed by atoms with Crippen LogP contribution in [0.25, 0.3) is 0 Å². The van der Waals surface area contributed by atoms with E-state index >= 15 is 0 Å². The Hall–Kier alpha value is -1.03. The van der Waals surface area contributed by atoms with E-state index in [0.717, 1.165) is 12.0 Å². The summed E-state index contributed by atoms with van der Waals surface area (Å²) in [5, 5.41) is 0. The fourth-order valence-corrected chi connectivity index (χ4v) is 4.55. The molecule has 2 N–H and O–H groups in total. The van der Waals surface area contributed by atoms with Crippen LogP contribution in [0.1, 0.15) is 66.1 Å². The molecular weight excluding hydrogens is 258 g/mol. The van der Waals surface area contributed by atoms with E-state index in [-0.39, 0.29) is 11.4 Å². The van der Waals surface area contributed by atoms with Crippen LogP contribution < -0.4 is 5.73 Å². The second-order valence-corrected chi connectivity index (χ2v) is 6.64. The minimum atomic E-state index is -0.303. The van der Waals surface area contributed by atoms with Gasteiger partial charge in [0.25, 0.3) is 0 Å². The SMILES string of the molecule is CCc1c(C2(C)CCCCC2)sc(C(=O)OC)c1N. The maximum atomic E-state index is 11.8. The van der Waals surface area contributed by atoms with Crippen molar-refractivity contribution < 1.29 is 9.53 Å². The van der Waals surface area contributed by atoms with E-state index in [2.05, 4.69) is 13.8 Å². The number of anilines is 1. The Labute approximate surface area is 119 Å². The van der Waals surface area contributed by atoms with Crippen molar-refractivity contribution in [2.24, 2.45) is 0 Å². The third-order valence-electron chi connectivity index (χ3n) is 4.28. The molecule has 106 valence electrons. The van der Waals surface area contributed by atoms with E-state index in [4.69, 9.17) is 10.5 Å². The average molecular weight is 281 g/mol. The van der Waals surface area contributed by atoms with Gasteiger partial charge in [0.2, 0.25) is 0 Å². The zero-order valence-electron chi connectivity index (χ0n) is 12.0. The summed E-state index contributed by atoms with van der Waals surface area (Å²) in [4.78, 5) is 13.7. The number of methoxy groups -OCH3 is 1. The van der Waals surface area contributed by atoms with Gasteiger partial charge in [0.15, 0.2) is 0 Å². The predicted molar refractivity (Wildman–Crippen MR) is 79.9 cm³/mol. The highest BCUT2D eigenvalue weighted by Crippen LogP contribution is 2.46. The van der Waals surface area contributed by atoms with Crippen LogP contribution in [0.5, 0.6) is 0 Å². The Morgan fingerprint density at radius 2 is 2.00 bits per heavy atom. The van der Waals surface area contributed by atoms with Gasteiger partial charge < -0.3 is 10.5 Å². The van der Waals surface area contributed by atoms with Gasteiger partial charge in [0.1, 0.15) is 4.88 Å². The molecule has 4 heteroatoms. The third kappa shape index (κ3) is 2.50. The van der Waals surface area contributed by atoms with E-state index in [1.54, 1.807) is 11.3 Å². The second kappa shape index (κ2) is 5.53. The first-order valence-corrected chi connectivity index (χ1v) is 7.85. The summed E-state index contributed by atoms with van der Waals surface area (Å²) in [5.74, 6) is -0.303. The highest BCUT2D eigenvalue weighted by molar-refractivity contribution is 7.15. The lowest BCUT2D eigenvalue weighted by Crippen LogP contribution is -2.25. The predicted octanol–water partition coefficient (Wildman–Crippen LogP) is 3.90. The Morgan fingerprint density at radius 3 is 2.53 bits per heavy atom. The molecule has 0 saturated heterocycles. The first-order chi connectivity index (χ1) is 9.03. The fourth-order valence-electron chi connectivity index (χ4n) is 3.12. The van der Waals surface area contributed by atoms with Crippen LogP contribution in [-0.2, 0) is 16.6 Å². The minimum absolute atomic E-state index is 0.189. The number of hydrogen-bond acceptors (Lipinski definition) is 4. The molecule has 0 amide bonds. The van der Waals surface area contributed by atoms with Crippen molar-refractivity contribution in [2.75, 3.05) is 12.8 Å². The van der Waals surface area contributed by atoms with Gasteiger partial charge in [0.05, 0.1) is 12.8 Å². The monoisotopic (exact) mass is 281 g/mol. The standard InChI is InChI=1S/C15H23NO2S/c1-4-10-11(16)12(14(17)18-3)19-13(10)15(2)8-6-5-7-9-15/h4-9,16H2,1-3H3. The van der Waals surface area contributed by atoms with Gasteiger partial charge in [-0.15, -0.1) is 11.3 Å². The zero-order valence-corrected chi connectivity index (χ0v) is 12.9. The smallest absolute Gasteiger partial charge is 0.350 e. The molecular formula is C15H23NO2S. The number of rotatable bonds is 3. The van der Waals surface area contributed by atoms with Gasteiger partial charge in [0, 0.05) is 10.3 Å². The molecule has 1 aromatic rings. The van der Waals surface area contributed by atoms with E-state index in [1.165, 1.54) is 44.1 Å². The fraction of sp³-hybridized carbons (Fsp3) is 0.667. The number of hydrogen-bond donors (Lipinski definition) is 1. The molecule has 0 atom stereocenters. The quantitative estimate of drug-likeness (QED) is 0.855. The molecule has 0 bridgehead atoms. The molecule has 1 aliphatic rings. The summed E-state index contributed by atoms with van der Waals surface area (Å²) in [6.45, 7) is 4.42. The number of nitrogens with two attached hydrogens (primary N) is 1. The minimum Gasteiger partial charge on any atom is -0.465 e. The summed E-state index contributed by atoms with van der Waals surface area (Å²) in [7, 11) is 1.41. The molecule has 1 saturated carbocycles. The topological polar surface area (TPSA) is 52.3 Å². The lowest BCUT2D eigenvalue weighted by Gasteiger charge is -2.33. The number of carbonyl (C=O) groups excluding carboxylic acids is 1. The molecule has 19 heavy (non-hydrogen) atoms. The third-order valence-corrected chi connectivity index (χ3v) is 5.81. The molecule has 0 radical (unpaired) electrons. The lowest BCUT2D eigenvalue weighted by molar-refractivity contribution is 0.0607. The number of nitrogen functional groups attached to an aromatic ring is 1. The number of carbonyl (C=O) groups is 1. The van der Waals surface area contributed by atoms with Crippen LogP contribution in [0.15, 0.2) is 0 Å². The maximum absolute atomic E-state index is 11.8. The molecule has 2 rings (SSSR count). The van der Waals surface area contributed by atoms with Crippen molar-refractivity contribution in [2.45, 2.75) is 57.8 Å². The van der Waals surface area contributed by atoms with Crippen molar-refractivity contribution >= 4 is 23.0 Å². The molecule has 0 aliphatic heterocycles. The Bertz CT molecular complexity index is 473. The van der Waals surface area contributed by atoms with Crippen molar-refractivity contribution in [1.29, 1.82) is 0 Å². The van der Waals surface area contributed by atoms with Gasteiger partial charge in [-0.05, 0) is 24.8 Å². The van der Waals surface area contributed by atoms with Gasteiger partial charge in [-0.25, -0.2) is 4.79 Å². The molecule has 0 unspecified atom stereocenters. The summed E-state index contributed by atoms with van der Waals surface area (Å²) in [6, 6.07) is 0. The lowest BCUT2D eigenvalue weighted by atomic mass is 9.73. The Kier molecular flexibility index (Phi) is 4.19. The number of esters is 1. The van der Waals surface area contributed by atoms with Crippen LogP contribution in [0.2, 0.25) is 0 Å². The van der Waals surface area contributed by atoms with Crippen molar-refractivity contribution in [3.63, 3.8) is 0 Å². The summed E-state index contributed by atoms with van der Waals surface area (Å²) in [6.07, 6.45) is 7.13. The highest BCUT2D eigenvalue weighted by atomic mass is 32.1. The Balaban J connectivity index is 2.47. The van der Waals surface area contributed by atoms with Gasteiger partial charge in [-0.3, -0.25) is 0 Å². The first kappa shape index (κ1) is 14.4. The van der Waals surface area contributed by atoms with E-state index < -0.39 is 0 Å². The normalized spacial score (nSPS) is 18.3. The molecule has 1 heterocycles. The maximum Gasteiger partial charge on any atom is 0.350 e. The molecule has 1 aromatic heterocycles. The number of ether oxygens (including phenoxy) is 1. The summed E-state index contributed by atoms with van der Waals surface area (Å²) >= 11 is 1.55. The molecule has 0 spiro atoms. The molecule has 1 aliphatic carbocycles. The Morgan fingerprint density at radius 1 is 1.37 bits per heavy atom. The molecule has 3 nitrogen and oxygen atoms in total. The van der Waals surface area contributed by atoms with Gasteiger partial charge in [-0.1, -0.05) is 33.1 Å². The first-order valence-electron chi connectivity index (χ1n) is 7.03. The zero-order chi connectivity index (χ0) is 14.0. The van der Waals surface area contributed by atoms with E-state index in [1.807, 2.05) is 0 Å². The van der Waals surface area contributed by atoms with E-state index in [9.17, 15) is 4.79 Å². The van der Waals surface area contributed by atoms with Crippen molar-refractivity contribution in [3.8, 4) is 0 Å². The average Bonchev–Trinajstić information content (AvgIpc) is 2.76. The van der Waals surface area contributed by atoms with Crippen LogP contribution in [-0.4, -0.2) is 13.1 Å². The summed E-state index contributed by atoms with van der Waals surface area (Å²) in [5.41, 5.74) is 8.16. The van der Waals surface area contributed by atoms with Crippen molar-refractivity contribution in [3.05, 3.63) is 15.3 Å². The van der Waals surface area contributed by atoms with Crippen LogP contribution in [0.4, 0.5) is 5.69 Å². The largest absolute Gasteiger partial charge is 0.465 e. The van der Waals surface area contributed by atoms with Crippen molar-refractivity contribution in [1.82, 2.24) is 0 Å². The summed E-state index contributed by atoms with van der Waals surface area (Å²) < 4.78 is 4.84. The van der Waals surface area contributed by atoms with Crippen LogP contribution in [0.3, 0.4) is 0 Å². The van der Waals surface area contributed by atoms with Crippen LogP contribution in [0, 0.1) is 0 Å². The van der Waals surface area contributed by atoms with Crippen LogP contribution >= 0.6 is 11.3 Å². The second-order valence-electron chi connectivity index (χ2n) is 5.62. The van der Waals surface area contributed by atoms with E-state index in [0.29, 0.717) is 10.6 Å². The highest BCUT2D eigenvalue weighted by Gasteiger charge is 2.35. The number of thiophene rings is 1. The van der Waals surface area contributed by atoms with Gasteiger partial charge in [-0.2, -0.15) is 0 Å². The molecule has 1 fully saturated rings.